The van der Waals surface area contributed by atoms with Gasteiger partial charge in [0.25, 0.3) is 0 Å². The number of hydrogen-bond acceptors (Lipinski definition) is 25. The fourth-order valence-electron chi connectivity index (χ4n) is 14.9. The van der Waals surface area contributed by atoms with Gasteiger partial charge in [-0.05, 0) is 258 Å². The number of aliphatic hydroxyl groups is 5. The van der Waals surface area contributed by atoms with Gasteiger partial charge >= 0.3 is 6.18 Å². The predicted octanol–water partition coefficient (Wildman–Crippen LogP) is 19.5. The molecule has 694 valence electrons. The molecule has 0 amide bonds. The molecule has 12 aromatic heterocycles. The Kier molecular flexibility index (Phi) is 31.6. The molecule has 4 atom stereocenters. The van der Waals surface area contributed by atoms with Crippen molar-refractivity contribution in [1.82, 2.24) is 98.9 Å². The number of aliphatic hydroxyl groups excluding tert-OH is 4. The third-order valence-electron chi connectivity index (χ3n) is 22.3. The van der Waals surface area contributed by atoms with Crippen molar-refractivity contribution in [2.24, 2.45) is 0 Å². The van der Waals surface area contributed by atoms with Crippen LogP contribution in [0.3, 0.4) is 0 Å². The number of anilines is 4. The van der Waals surface area contributed by atoms with E-state index in [1.807, 2.05) is 205 Å². The Morgan fingerprint density at radius 2 is 0.687 bits per heavy atom. The zero-order valence-corrected chi connectivity index (χ0v) is 77.5. The first-order chi connectivity index (χ1) is 63.4. The highest BCUT2D eigenvalue weighted by atomic mass is 35.5. The molecule has 0 saturated heterocycles. The summed E-state index contributed by atoms with van der Waals surface area (Å²) in [6.45, 7) is 31.9. The van der Waals surface area contributed by atoms with E-state index >= 15 is 0 Å². The molecule has 134 heavy (non-hydrogen) atoms. The summed E-state index contributed by atoms with van der Waals surface area (Å²) in [5, 5.41) is 98.8. The lowest BCUT2D eigenvalue weighted by atomic mass is 9.91. The molecule has 16 aromatic rings. The molecule has 0 spiro atoms. The van der Waals surface area contributed by atoms with Crippen LogP contribution in [0.2, 0.25) is 5.02 Å². The van der Waals surface area contributed by atoms with Crippen LogP contribution in [0.25, 0.3) is 68.3 Å². The second-order valence-corrected chi connectivity index (χ2v) is 33.7. The van der Waals surface area contributed by atoms with E-state index in [-0.39, 0.29) is 57.5 Å². The zero-order chi connectivity index (χ0) is 95.4. The number of pyridine rings is 4. The van der Waals surface area contributed by atoms with E-state index in [9.17, 15) is 43.1 Å². The largest absolute Gasteiger partial charge is 0.419 e. The molecule has 0 fully saturated rings. The van der Waals surface area contributed by atoms with Crippen molar-refractivity contribution in [3.8, 4) is 68.3 Å². The maximum absolute atomic E-state index is 14.5. The molecular weight excluding hydrogens is 1730 g/mol. The molecule has 0 bridgehead atoms. The second-order valence-electron chi connectivity index (χ2n) is 33.3. The zero-order valence-electron chi connectivity index (χ0n) is 76.8. The first kappa shape index (κ1) is 98.7. The number of hydrogen-bond donors (Lipinski definition) is 9. The maximum Gasteiger partial charge on any atom is 0.419 e. The number of nitrogens with one attached hydrogen (secondary N) is 4. The van der Waals surface area contributed by atoms with E-state index in [0.717, 1.165) is 89.6 Å². The van der Waals surface area contributed by atoms with Crippen LogP contribution < -0.4 is 21.3 Å². The molecule has 34 heteroatoms. The van der Waals surface area contributed by atoms with Gasteiger partial charge in [-0.1, -0.05) is 91.3 Å². The number of nitrogens with zero attached hydrogens (tertiary/aromatic N) is 20. The van der Waals surface area contributed by atoms with Crippen LogP contribution in [-0.4, -0.2) is 130 Å². The van der Waals surface area contributed by atoms with Crippen LogP contribution in [0.1, 0.15) is 184 Å². The monoisotopic (exact) mass is 1840 g/mol. The third-order valence-corrected chi connectivity index (χ3v) is 22.7. The predicted molar refractivity (Wildman–Crippen MR) is 511 cm³/mol. The highest BCUT2D eigenvalue weighted by Crippen LogP contribution is 2.38. The smallest absolute Gasteiger partial charge is 0.390 e. The molecule has 0 aliphatic heterocycles. The van der Waals surface area contributed by atoms with E-state index < -0.39 is 29.2 Å². The molecule has 0 radical (unpaired) electrons. The van der Waals surface area contributed by atoms with Gasteiger partial charge in [-0.2, -0.15) is 13.2 Å². The first-order valence-corrected chi connectivity index (χ1v) is 43.2. The van der Waals surface area contributed by atoms with Gasteiger partial charge in [-0.25, -0.2) is 44.3 Å². The van der Waals surface area contributed by atoms with E-state index in [1.165, 1.54) is 28.8 Å². The van der Waals surface area contributed by atoms with E-state index in [1.54, 1.807) is 75.8 Å². The number of alkyl halides is 3. The van der Waals surface area contributed by atoms with Gasteiger partial charge in [0.15, 0.2) is 23.3 Å². The van der Waals surface area contributed by atoms with E-state index in [0.29, 0.717) is 103 Å². The molecule has 29 nitrogen and oxygen atoms in total. The lowest BCUT2D eigenvalue weighted by Gasteiger charge is -2.31. The van der Waals surface area contributed by atoms with Gasteiger partial charge in [0.2, 0.25) is 0 Å². The molecule has 12 heterocycles. The molecule has 0 saturated carbocycles. The summed E-state index contributed by atoms with van der Waals surface area (Å²) in [4.78, 5) is 35.3. The van der Waals surface area contributed by atoms with Crippen molar-refractivity contribution in [2.75, 3.05) is 21.3 Å². The summed E-state index contributed by atoms with van der Waals surface area (Å²) in [5.41, 5.74) is 22.3. The molecule has 4 aromatic carbocycles. The fraction of sp³-hybridized carbons (Fsp3) is 0.280. The van der Waals surface area contributed by atoms with Crippen molar-refractivity contribution < 1.29 is 43.1 Å². The average Bonchev–Trinajstić information content (AvgIpc) is 1.47. The number of benzene rings is 4. The topological polar surface area (TPSA) is 375 Å². The van der Waals surface area contributed by atoms with E-state index in [2.05, 4.69) is 141 Å². The van der Waals surface area contributed by atoms with E-state index in [4.69, 9.17) is 11.6 Å². The SMILES string of the molecule is C.Cc1ccc([C@@H](C)Nc2nnc(-c3ccc(-n4cnc(C)c4)c(CO)n3)cc2C)c(Cl)c1.Cc1ccc([C@@H](Nc2nnc(-c3ccc(-n4cnc(C)c4)c(CO)n3)cc2C)C(C)(C)O)cc1.Cc1cn(-c2ccc(-c3cc(C)c(N[C@@H](C)c4cccc(C(F)(F)F)c4F)nn3)nc2CO)cn1.Cc1cn(-c2ccc(-c3cc(C)c(N[C@@H](C)c4cccc(C)c4C)nn3)nc2CO)cn1. The summed E-state index contributed by atoms with van der Waals surface area (Å²) in [6.07, 6.45) is 9.45. The maximum atomic E-state index is 14.5. The second kappa shape index (κ2) is 42.9. The number of halogens is 5. The summed E-state index contributed by atoms with van der Waals surface area (Å²) >= 11 is 6.41. The highest BCUT2D eigenvalue weighted by Gasteiger charge is 2.36. The molecule has 0 unspecified atom stereocenters. The van der Waals surface area contributed by atoms with Crippen LogP contribution in [-0.2, 0) is 32.6 Å². The Balaban J connectivity index is 0.000000161. The first-order valence-electron chi connectivity index (χ1n) is 42.8. The quantitative estimate of drug-likeness (QED) is 0.0240. The highest BCUT2D eigenvalue weighted by molar-refractivity contribution is 6.31. The van der Waals surface area contributed by atoms with Crippen LogP contribution >= 0.6 is 11.6 Å². The van der Waals surface area contributed by atoms with Crippen LogP contribution in [0.4, 0.5) is 40.8 Å². The minimum Gasteiger partial charge on any atom is -0.390 e. The van der Waals surface area contributed by atoms with Crippen LogP contribution in [0, 0.1) is 88.9 Å². The Morgan fingerprint density at radius 1 is 0.366 bits per heavy atom. The summed E-state index contributed by atoms with van der Waals surface area (Å²) in [5.74, 6) is 0.993. The number of rotatable bonds is 25. The lowest BCUT2D eigenvalue weighted by Crippen LogP contribution is -2.35. The summed E-state index contributed by atoms with van der Waals surface area (Å²) in [6, 6.07) is 44.8. The van der Waals surface area contributed by atoms with Crippen LogP contribution in [0.15, 0.2) is 202 Å². The Labute approximate surface area is 780 Å². The molecule has 16 rings (SSSR count). The molecular formula is C100H109ClF4N24O5. The van der Waals surface area contributed by atoms with Crippen molar-refractivity contribution in [3.05, 3.63) is 330 Å². The lowest BCUT2D eigenvalue weighted by molar-refractivity contribution is -0.140. The average molecular weight is 1840 g/mol. The standard InChI is InChI=1S/C26H30N6O2.C25H28N6O.C24H25ClN6O.C24H22F4N6O.CH4/c1-16-6-8-19(9-7-16)24(26(4,5)34)29-25-17(2)12-21(30-31-25)20-10-11-23(22(14-33)28-20)32-13-18(3)27-15-32;1-15-7-6-8-20(18(15)4)19(5)27-25-16(2)11-22(29-30-25)21-9-10-24(23(13-32)28-21)31-12-17(3)26-14-31;1-14-5-6-18(19(25)9-14)17(4)27-24-15(2)10-21(29-30-24)20-7-8-23(22(12-32)28-20)31-11-16(3)26-13-31;1-13-9-19(18-7-8-21(20(11-35)31-18)34-10-14(2)29-12-34)32-33-23(13)30-15(3)16-5-4-6-17(22(16)25)24(26,27)28;/h6-13,15,24,33-34H,14H2,1-5H3,(H,29,31);6-12,14,19,32H,13H2,1-5H3,(H,27,30);5-11,13,17,32H,12H2,1-4H3,(H,27,30);4-10,12,15,35H,11H2,1-3H3,(H,30,33);1H4/t24-;19-;17-;15-;/m1010./s1. The molecule has 0 aliphatic carbocycles. The normalized spacial score (nSPS) is 12.2. The number of imidazole rings is 4. The summed E-state index contributed by atoms with van der Waals surface area (Å²) < 4.78 is 61.0. The fourth-order valence-corrected chi connectivity index (χ4v) is 15.3. The van der Waals surface area contributed by atoms with Gasteiger partial charge in [0.1, 0.15) is 28.6 Å². The van der Waals surface area contributed by atoms with Gasteiger partial charge in [0, 0.05) is 35.4 Å². The minimum absolute atomic E-state index is 0. The summed E-state index contributed by atoms with van der Waals surface area (Å²) in [7, 11) is 0. The number of aromatic nitrogens is 20. The van der Waals surface area contributed by atoms with Crippen molar-refractivity contribution in [1.29, 1.82) is 0 Å². The number of aryl methyl sites for hydroxylation is 11. The molecule has 9 N–H and O–H groups in total. The van der Waals surface area contributed by atoms with Crippen molar-refractivity contribution in [2.45, 2.75) is 188 Å². The van der Waals surface area contributed by atoms with Gasteiger partial charge < -0.3 is 65.1 Å². The Hall–Kier alpha value is -14.4. The Morgan fingerprint density at radius 3 is 1.00 bits per heavy atom. The van der Waals surface area contributed by atoms with Crippen molar-refractivity contribution in [3.63, 3.8) is 0 Å². The third kappa shape index (κ3) is 23.6. The van der Waals surface area contributed by atoms with Gasteiger partial charge in [0.05, 0.1) is 178 Å². The van der Waals surface area contributed by atoms with Crippen LogP contribution in [0.5, 0.6) is 0 Å². The van der Waals surface area contributed by atoms with Gasteiger partial charge in [-0.3, -0.25) is 0 Å². The minimum atomic E-state index is -4.79. The van der Waals surface area contributed by atoms with Gasteiger partial charge in [-0.15, -0.1) is 40.8 Å². The Bertz CT molecular complexity index is 6810. The molecule has 0 aliphatic rings. The van der Waals surface area contributed by atoms with Crippen molar-refractivity contribution >= 4 is 34.9 Å².